The third kappa shape index (κ3) is 7.32. The van der Waals surface area contributed by atoms with Crippen LogP contribution >= 0.6 is 0 Å². The van der Waals surface area contributed by atoms with Crippen molar-refractivity contribution in [3.63, 3.8) is 0 Å². The fourth-order valence-corrected chi connectivity index (χ4v) is 12.7. The maximum Gasteiger partial charge on any atom is 0.346 e. The number of Topliss-reactive ketones (excluding diaryl/α,β-unsaturated/α-hetero) is 1. The van der Waals surface area contributed by atoms with Crippen LogP contribution in [0.4, 0.5) is 0 Å². The minimum Gasteiger partial charge on any atom is -0.511 e. The number of esters is 1. The lowest BCUT2D eigenvalue weighted by molar-refractivity contribution is -0.315. The van der Waals surface area contributed by atoms with Crippen LogP contribution in [0.1, 0.15) is 110 Å². The van der Waals surface area contributed by atoms with Crippen molar-refractivity contribution in [1.29, 1.82) is 0 Å². The minimum atomic E-state index is -1.97. The predicted octanol–water partition coefficient (Wildman–Crippen LogP) is 6.71. The summed E-state index contributed by atoms with van der Waals surface area (Å²) in [7, 11) is 1.44. The maximum atomic E-state index is 15.2. The minimum absolute atomic E-state index is 0.0168. The fraction of sp³-hybridized carbons (Fsp3) is 0.600. The van der Waals surface area contributed by atoms with Gasteiger partial charge in [0.25, 0.3) is 5.91 Å². The van der Waals surface area contributed by atoms with Gasteiger partial charge in [-0.3, -0.25) is 9.59 Å². The number of allylic oxidation sites excluding steroid dienone is 5. The summed E-state index contributed by atoms with van der Waals surface area (Å²) >= 11 is 0. The van der Waals surface area contributed by atoms with E-state index in [1.807, 2.05) is 33.8 Å². The maximum absolute atomic E-state index is 15.2. The Morgan fingerprint density at radius 1 is 0.969 bits per heavy atom. The number of phenols is 1. The van der Waals surface area contributed by atoms with E-state index in [0.29, 0.717) is 37.0 Å². The molecule has 1 aromatic carbocycles. The Labute approximate surface area is 375 Å². The average Bonchev–Trinajstić information content (AvgIpc) is 3.45. The van der Waals surface area contributed by atoms with Gasteiger partial charge in [-0.15, -0.1) is 0 Å². The number of carboxylic acids is 1. The van der Waals surface area contributed by atoms with Crippen molar-refractivity contribution in [3.05, 3.63) is 81.2 Å². The molecule has 348 valence electrons. The molecule has 0 radical (unpaired) electrons. The number of amides is 1. The molecule has 1 amide bonds. The zero-order valence-corrected chi connectivity index (χ0v) is 38.8. The molecule has 14 nitrogen and oxygen atoms in total. The first-order valence-corrected chi connectivity index (χ1v) is 22.5. The lowest BCUT2D eigenvalue weighted by atomic mass is 9.49. The third-order valence-electron chi connectivity index (χ3n) is 15.7. The number of fused-ring (bicyclic) bond motifs is 4. The van der Waals surface area contributed by atoms with Gasteiger partial charge in [0.1, 0.15) is 34.5 Å². The number of phenolic OH excluding ortho intramolecular Hbond substituents is 1. The smallest absolute Gasteiger partial charge is 0.346 e. The van der Waals surface area contributed by atoms with Crippen LogP contribution in [0.15, 0.2) is 70.1 Å². The molecule has 4 aliphatic carbocycles. The molecular formula is C50H65NO13. The van der Waals surface area contributed by atoms with E-state index in [4.69, 9.17) is 18.9 Å². The number of ketones is 1. The van der Waals surface area contributed by atoms with Gasteiger partial charge in [0.15, 0.2) is 11.9 Å². The summed E-state index contributed by atoms with van der Waals surface area (Å²) in [5.41, 5.74) is -3.52. The van der Waals surface area contributed by atoms with E-state index in [9.17, 15) is 39.9 Å². The first-order valence-electron chi connectivity index (χ1n) is 22.5. The van der Waals surface area contributed by atoms with Crippen molar-refractivity contribution >= 4 is 23.6 Å². The van der Waals surface area contributed by atoms with Crippen LogP contribution in [0.2, 0.25) is 0 Å². The van der Waals surface area contributed by atoms with Gasteiger partial charge in [0, 0.05) is 35.3 Å². The number of aliphatic hydroxyl groups is 3. The number of methoxy groups -OCH3 is 1. The molecule has 14 atom stereocenters. The number of carbonyl (C=O) groups excluding carboxylic acids is 3. The number of aliphatic hydroxyl groups excluding tert-OH is 2. The molecule has 2 bridgehead atoms. The SMILES string of the molecule is COc1cc(C)c(C(=O)N[C@@H]2[C@@H](C)O[C@@H](O[C@H]3CC[C@H](C)[C@@H]4[C@@H]3C=C(C)[C@H]3/C(C)=C/CC/C(C)=C/[C@]5(C)C=C(C(=O)O)[C@H](C)C[C@]56OC(=O)C(=C(O)[C@@]43C)C6=O)[C@H](O)[C@]2(C)O)c(O)c1. The summed E-state index contributed by atoms with van der Waals surface area (Å²) in [6.07, 6.45) is 5.40. The van der Waals surface area contributed by atoms with Crippen molar-refractivity contribution in [2.24, 2.45) is 40.4 Å². The van der Waals surface area contributed by atoms with Gasteiger partial charge in [0.05, 0.1) is 36.3 Å². The van der Waals surface area contributed by atoms with Crippen molar-refractivity contribution in [1.82, 2.24) is 5.32 Å². The van der Waals surface area contributed by atoms with Crippen LogP contribution in [0.5, 0.6) is 11.5 Å². The molecule has 2 heterocycles. The molecule has 1 spiro atoms. The molecule has 2 aliphatic heterocycles. The number of carbonyl (C=O) groups is 4. The van der Waals surface area contributed by atoms with E-state index < -0.39 is 106 Å². The zero-order chi connectivity index (χ0) is 47.2. The first kappa shape index (κ1) is 47.2. The Kier molecular flexibility index (Phi) is 12.2. The number of ether oxygens (including phenoxy) is 4. The van der Waals surface area contributed by atoms with E-state index in [0.717, 1.165) is 16.7 Å². The van der Waals surface area contributed by atoms with E-state index >= 15 is 4.79 Å². The normalized spacial score (nSPS) is 41.7. The summed E-state index contributed by atoms with van der Waals surface area (Å²) in [5.74, 6) is -5.78. The van der Waals surface area contributed by atoms with E-state index in [1.54, 1.807) is 39.8 Å². The molecule has 64 heavy (non-hydrogen) atoms. The van der Waals surface area contributed by atoms with Crippen molar-refractivity contribution in [2.45, 2.75) is 143 Å². The summed E-state index contributed by atoms with van der Waals surface area (Å²) < 4.78 is 24.4. The van der Waals surface area contributed by atoms with Gasteiger partial charge in [-0.25, -0.2) is 9.59 Å². The number of aromatic hydroxyl groups is 1. The molecule has 6 aliphatic rings. The molecular weight excluding hydrogens is 823 g/mol. The van der Waals surface area contributed by atoms with E-state index in [-0.39, 0.29) is 35.0 Å². The summed E-state index contributed by atoms with van der Waals surface area (Å²) in [4.78, 5) is 55.6. The lowest BCUT2D eigenvalue weighted by Gasteiger charge is -2.57. The van der Waals surface area contributed by atoms with E-state index in [2.05, 4.69) is 24.4 Å². The molecule has 7 rings (SSSR count). The lowest BCUT2D eigenvalue weighted by Crippen LogP contribution is -2.70. The number of hydrogen-bond acceptors (Lipinski definition) is 12. The van der Waals surface area contributed by atoms with Crippen LogP contribution < -0.4 is 10.1 Å². The van der Waals surface area contributed by atoms with Crippen LogP contribution in [0.3, 0.4) is 0 Å². The van der Waals surface area contributed by atoms with Crippen molar-refractivity contribution < 1.29 is 63.7 Å². The molecule has 0 unspecified atom stereocenters. The number of aliphatic carboxylic acids is 1. The largest absolute Gasteiger partial charge is 0.511 e. The van der Waals surface area contributed by atoms with Crippen LogP contribution in [-0.4, -0.2) is 98.1 Å². The number of benzene rings is 1. The van der Waals surface area contributed by atoms with Crippen LogP contribution in [0, 0.1) is 47.3 Å². The van der Waals surface area contributed by atoms with Crippen LogP contribution in [0.25, 0.3) is 0 Å². The van der Waals surface area contributed by atoms with Gasteiger partial charge in [-0.1, -0.05) is 61.8 Å². The van der Waals surface area contributed by atoms with Crippen molar-refractivity contribution in [2.75, 3.05) is 7.11 Å². The van der Waals surface area contributed by atoms with Gasteiger partial charge >= 0.3 is 11.9 Å². The molecule has 14 heteroatoms. The van der Waals surface area contributed by atoms with Crippen molar-refractivity contribution in [3.8, 4) is 11.5 Å². The highest BCUT2D eigenvalue weighted by Gasteiger charge is 2.67. The third-order valence-corrected chi connectivity index (χ3v) is 15.7. The Bertz CT molecular complexity index is 2280. The summed E-state index contributed by atoms with van der Waals surface area (Å²) in [5, 5.41) is 60.3. The Balaban J connectivity index is 1.26. The van der Waals surface area contributed by atoms with E-state index in [1.165, 1.54) is 20.1 Å². The second kappa shape index (κ2) is 16.6. The number of rotatable bonds is 6. The van der Waals surface area contributed by atoms with Gasteiger partial charge in [-0.05, 0) is 104 Å². The quantitative estimate of drug-likeness (QED) is 0.0995. The molecule has 1 saturated carbocycles. The molecule has 1 aromatic rings. The number of nitrogens with one attached hydrogen (secondary N) is 1. The molecule has 3 fully saturated rings. The molecule has 6 N–H and O–H groups in total. The van der Waals surface area contributed by atoms with Gasteiger partial charge in [0.2, 0.25) is 5.78 Å². The summed E-state index contributed by atoms with van der Waals surface area (Å²) in [6.45, 7) is 18.0. The Morgan fingerprint density at radius 2 is 1.66 bits per heavy atom. The number of hydrogen-bond donors (Lipinski definition) is 6. The molecule has 2 saturated heterocycles. The Hall–Kier alpha value is -4.76. The number of aryl methyl sites for hydroxylation is 1. The summed E-state index contributed by atoms with van der Waals surface area (Å²) in [6, 6.07) is 1.78. The van der Waals surface area contributed by atoms with Crippen LogP contribution in [-0.2, 0) is 28.6 Å². The fourth-order valence-electron chi connectivity index (χ4n) is 12.7. The first-order chi connectivity index (χ1) is 29.8. The highest BCUT2D eigenvalue weighted by atomic mass is 16.7. The van der Waals surface area contributed by atoms with Gasteiger partial charge in [-0.2, -0.15) is 0 Å². The second-order valence-corrected chi connectivity index (χ2v) is 20.2. The standard InChI is InChI=1S/C50H65NO13/c1-23-13-12-14-24(2)37-27(5)18-31-34(63-46-42(55)49(10,60)39(29(7)62-46)51-43(56)35-26(4)17-30(61-11)19-33(35)52)16-15-25(3)38(31)48(37,9)40(53)36-41(54)50(64-45(36)59)21-28(6)32(44(57)58)22-47(50,8)20-23/h14,17-20,22,25,28-29,31,34,37-39,42,46,52-53,55,60H,12-13,15-16,21H2,1-11H3,(H,51,56)(H,57,58)/b23-20+,24-14+,40-36?/t25-,28+,29+,31+,34-,37+,38+,39+,42-,46-,47+,48+,49+,50+/m0/s1. The monoisotopic (exact) mass is 887 g/mol. The Morgan fingerprint density at radius 3 is 2.30 bits per heavy atom. The predicted molar refractivity (Wildman–Crippen MR) is 235 cm³/mol. The zero-order valence-electron chi connectivity index (χ0n) is 38.8. The molecule has 0 aromatic heterocycles. The topological polar surface area (TPSA) is 218 Å². The second-order valence-electron chi connectivity index (χ2n) is 20.2. The average molecular weight is 888 g/mol. The van der Waals surface area contributed by atoms with Gasteiger partial charge < -0.3 is 49.8 Å². The highest BCUT2D eigenvalue weighted by molar-refractivity contribution is 6.26. The highest BCUT2D eigenvalue weighted by Crippen LogP contribution is 2.62. The number of carboxylic acid groups (broad SMARTS) is 1.